The van der Waals surface area contributed by atoms with E-state index in [-0.39, 0.29) is 0 Å². The molecule has 19 heavy (non-hydrogen) atoms. The van der Waals surface area contributed by atoms with Crippen molar-refractivity contribution in [3.05, 3.63) is 49.5 Å². The van der Waals surface area contributed by atoms with Crippen molar-refractivity contribution in [1.82, 2.24) is 5.32 Å². The van der Waals surface area contributed by atoms with E-state index >= 15 is 0 Å². The number of nitrogens with one attached hydrogen (secondary N) is 1. The second-order valence-electron chi connectivity index (χ2n) is 4.01. The van der Waals surface area contributed by atoms with Gasteiger partial charge in [-0.1, -0.05) is 28.9 Å². The highest BCUT2D eigenvalue weighted by molar-refractivity contribution is 9.10. The van der Waals surface area contributed by atoms with E-state index in [1.165, 1.54) is 14.2 Å². The van der Waals surface area contributed by atoms with Crippen molar-refractivity contribution in [2.24, 2.45) is 0 Å². The molecule has 1 atom stereocenters. The van der Waals surface area contributed by atoms with E-state index in [9.17, 15) is 0 Å². The van der Waals surface area contributed by atoms with Crippen molar-refractivity contribution in [3.8, 4) is 0 Å². The van der Waals surface area contributed by atoms with E-state index < -0.39 is 0 Å². The molecule has 0 bridgehead atoms. The molecular formula is C14H15Br2NS2. The van der Waals surface area contributed by atoms with Gasteiger partial charge < -0.3 is 5.32 Å². The minimum atomic E-state index is 0.392. The molecule has 0 aliphatic rings. The Bertz CT molecular complexity index is 528. The molecule has 0 saturated heterocycles. The van der Waals surface area contributed by atoms with Gasteiger partial charge in [0.2, 0.25) is 0 Å². The third kappa shape index (κ3) is 4.60. The van der Waals surface area contributed by atoms with E-state index in [0.29, 0.717) is 6.04 Å². The second-order valence-corrected chi connectivity index (χ2v) is 7.82. The molecule has 1 heterocycles. The first-order valence-corrected chi connectivity index (χ1v) is 9.50. The Balaban J connectivity index is 2.04. The van der Waals surface area contributed by atoms with E-state index in [0.717, 1.165) is 16.8 Å². The normalized spacial score (nSPS) is 12.6. The zero-order valence-electron chi connectivity index (χ0n) is 10.5. The molecule has 0 aliphatic carbocycles. The van der Waals surface area contributed by atoms with Gasteiger partial charge in [0, 0.05) is 24.5 Å². The molecule has 0 aliphatic heterocycles. The highest BCUT2D eigenvalue weighted by Gasteiger charge is 2.15. The molecule has 2 rings (SSSR count). The minimum absolute atomic E-state index is 0.392. The van der Waals surface area contributed by atoms with Gasteiger partial charge >= 0.3 is 0 Å². The molecule has 1 unspecified atom stereocenters. The van der Waals surface area contributed by atoms with Crippen LogP contribution in [0.2, 0.25) is 0 Å². The summed E-state index contributed by atoms with van der Waals surface area (Å²) in [6.07, 6.45) is 0. The third-order valence-corrected chi connectivity index (χ3v) is 6.19. The van der Waals surface area contributed by atoms with Crippen molar-refractivity contribution < 1.29 is 0 Å². The second kappa shape index (κ2) is 7.84. The summed E-state index contributed by atoms with van der Waals surface area (Å²) in [7, 11) is 0. The van der Waals surface area contributed by atoms with Crippen molar-refractivity contribution >= 4 is 55.0 Å². The first-order chi connectivity index (χ1) is 9.20. The summed E-state index contributed by atoms with van der Waals surface area (Å²) in [5, 5.41) is 5.69. The lowest BCUT2D eigenvalue weighted by Crippen LogP contribution is -2.22. The lowest BCUT2D eigenvalue weighted by molar-refractivity contribution is 0.613. The fourth-order valence-electron chi connectivity index (χ4n) is 1.76. The van der Waals surface area contributed by atoms with Crippen LogP contribution in [-0.2, 0) is 0 Å². The molecule has 1 nitrogen and oxygen atoms in total. The van der Waals surface area contributed by atoms with Crippen molar-refractivity contribution in [1.29, 1.82) is 0 Å². The molecule has 0 fully saturated rings. The average molecular weight is 421 g/mol. The molecule has 5 heteroatoms. The number of hydrogen-bond acceptors (Lipinski definition) is 3. The molecule has 2 aromatic rings. The summed E-state index contributed by atoms with van der Waals surface area (Å²) < 4.78 is 2.34. The molecule has 1 aromatic heterocycles. The summed E-state index contributed by atoms with van der Waals surface area (Å²) >= 11 is 10.8. The molecule has 0 saturated carbocycles. The number of hydrogen-bond donors (Lipinski definition) is 1. The number of thiophene rings is 1. The van der Waals surface area contributed by atoms with Crippen LogP contribution >= 0.6 is 55.0 Å². The Labute approximate surface area is 139 Å². The quantitative estimate of drug-likeness (QED) is 0.600. The standard InChI is InChI=1S/C14H15Br2NS2/c1-2-17-13(14-12(16)6-7-18-14)9-19-11-5-3-4-10(15)8-11/h3-8,13,17H,2,9H2,1H3. The summed E-state index contributed by atoms with van der Waals surface area (Å²) in [6.45, 7) is 3.13. The maximum absolute atomic E-state index is 3.63. The van der Waals surface area contributed by atoms with Crippen LogP contribution in [0.15, 0.2) is 49.6 Å². The van der Waals surface area contributed by atoms with Crippen LogP contribution < -0.4 is 5.32 Å². The van der Waals surface area contributed by atoms with E-state index in [1.54, 1.807) is 11.3 Å². The van der Waals surface area contributed by atoms with Gasteiger partial charge in [-0.25, -0.2) is 0 Å². The summed E-state index contributed by atoms with van der Waals surface area (Å²) in [5.74, 6) is 1.03. The zero-order chi connectivity index (χ0) is 13.7. The van der Waals surface area contributed by atoms with Crippen LogP contribution in [0.4, 0.5) is 0 Å². The fourth-order valence-corrected chi connectivity index (χ4v) is 5.18. The maximum Gasteiger partial charge on any atom is 0.0521 e. The van der Waals surface area contributed by atoms with Crippen LogP contribution in [0, 0.1) is 0 Å². The Morgan fingerprint density at radius 2 is 2.16 bits per heavy atom. The maximum atomic E-state index is 3.63. The van der Waals surface area contributed by atoms with E-state index in [4.69, 9.17) is 0 Å². The van der Waals surface area contributed by atoms with Gasteiger partial charge in [0.25, 0.3) is 0 Å². The highest BCUT2D eigenvalue weighted by Crippen LogP contribution is 2.33. The molecular weight excluding hydrogens is 406 g/mol. The van der Waals surface area contributed by atoms with E-state index in [1.807, 2.05) is 11.8 Å². The predicted molar refractivity (Wildman–Crippen MR) is 93.3 cm³/mol. The largest absolute Gasteiger partial charge is 0.309 e. The zero-order valence-corrected chi connectivity index (χ0v) is 15.3. The predicted octanol–water partition coefficient (Wildman–Crippen LogP) is 5.72. The van der Waals surface area contributed by atoms with Gasteiger partial charge in [0.15, 0.2) is 0 Å². The van der Waals surface area contributed by atoms with Crippen molar-refractivity contribution in [3.63, 3.8) is 0 Å². The lowest BCUT2D eigenvalue weighted by atomic mass is 10.3. The first kappa shape index (κ1) is 15.6. The molecule has 0 spiro atoms. The van der Waals surface area contributed by atoms with Crippen LogP contribution in [0.5, 0.6) is 0 Å². The van der Waals surface area contributed by atoms with Gasteiger partial charge in [0.1, 0.15) is 0 Å². The Hall–Kier alpha value is 0.190. The Morgan fingerprint density at radius 3 is 2.79 bits per heavy atom. The number of halogens is 2. The lowest BCUT2D eigenvalue weighted by Gasteiger charge is -2.17. The van der Waals surface area contributed by atoms with Gasteiger partial charge in [-0.05, 0) is 52.1 Å². The Kier molecular flexibility index (Phi) is 6.42. The molecule has 0 amide bonds. The van der Waals surface area contributed by atoms with Gasteiger partial charge in [-0.2, -0.15) is 0 Å². The van der Waals surface area contributed by atoms with Crippen LogP contribution in [0.25, 0.3) is 0 Å². The minimum Gasteiger partial charge on any atom is -0.309 e. The first-order valence-electron chi connectivity index (χ1n) is 6.05. The van der Waals surface area contributed by atoms with Gasteiger partial charge in [-0.3, -0.25) is 0 Å². The van der Waals surface area contributed by atoms with Crippen molar-refractivity contribution in [2.45, 2.75) is 17.9 Å². The SMILES string of the molecule is CCNC(CSc1cccc(Br)c1)c1sccc1Br. The molecule has 102 valence electrons. The van der Waals surface area contributed by atoms with Crippen LogP contribution in [0.3, 0.4) is 0 Å². The topological polar surface area (TPSA) is 12.0 Å². The van der Waals surface area contributed by atoms with Crippen LogP contribution in [0.1, 0.15) is 17.8 Å². The van der Waals surface area contributed by atoms with E-state index in [2.05, 4.69) is 79.8 Å². The molecule has 1 aromatic carbocycles. The smallest absolute Gasteiger partial charge is 0.0521 e. The fraction of sp³-hybridized carbons (Fsp3) is 0.286. The monoisotopic (exact) mass is 419 g/mol. The number of benzene rings is 1. The van der Waals surface area contributed by atoms with Gasteiger partial charge in [-0.15, -0.1) is 23.1 Å². The van der Waals surface area contributed by atoms with Gasteiger partial charge in [0.05, 0.1) is 6.04 Å². The number of rotatable bonds is 6. The number of thioether (sulfide) groups is 1. The third-order valence-electron chi connectivity index (χ3n) is 2.62. The Morgan fingerprint density at radius 1 is 1.32 bits per heavy atom. The summed E-state index contributed by atoms with van der Waals surface area (Å²) in [4.78, 5) is 2.68. The molecule has 1 N–H and O–H groups in total. The summed E-state index contributed by atoms with van der Waals surface area (Å²) in [6, 6.07) is 11.0. The highest BCUT2D eigenvalue weighted by atomic mass is 79.9. The summed E-state index contributed by atoms with van der Waals surface area (Å²) in [5.41, 5.74) is 0. The molecule has 0 radical (unpaired) electrons. The average Bonchev–Trinajstić information content (AvgIpc) is 2.81. The van der Waals surface area contributed by atoms with Crippen molar-refractivity contribution in [2.75, 3.05) is 12.3 Å². The van der Waals surface area contributed by atoms with Crippen LogP contribution in [-0.4, -0.2) is 12.3 Å².